The highest BCUT2D eigenvalue weighted by Gasteiger charge is 2.23. The number of aromatic nitrogens is 3. The van der Waals surface area contributed by atoms with E-state index in [1.165, 1.54) is 0 Å². The Morgan fingerprint density at radius 2 is 2.04 bits per heavy atom. The van der Waals surface area contributed by atoms with Crippen molar-refractivity contribution in [2.45, 2.75) is 25.8 Å². The standard InChI is InChI=1S/C15H17Cl2N5O/c1-9-14(20-21-22(9)11-4-6-18-7-5-11)15(23)19-10-2-3-12(16)13(17)8-10/h2-3,8,11,18H,4-7H2,1H3,(H,19,23). The van der Waals surface area contributed by atoms with Gasteiger partial charge in [-0.25, -0.2) is 4.68 Å². The molecule has 1 amide bonds. The molecule has 1 aliphatic heterocycles. The first kappa shape index (κ1) is 16.2. The summed E-state index contributed by atoms with van der Waals surface area (Å²) in [5.41, 5.74) is 1.67. The lowest BCUT2D eigenvalue weighted by molar-refractivity contribution is 0.102. The number of carbonyl (C=O) groups excluding carboxylic acids is 1. The molecule has 3 rings (SSSR count). The minimum atomic E-state index is -0.305. The molecule has 2 aromatic rings. The van der Waals surface area contributed by atoms with Crippen molar-refractivity contribution in [3.63, 3.8) is 0 Å². The second-order valence-electron chi connectivity index (χ2n) is 5.53. The Balaban J connectivity index is 1.77. The van der Waals surface area contributed by atoms with Gasteiger partial charge in [-0.1, -0.05) is 28.4 Å². The van der Waals surface area contributed by atoms with Crippen LogP contribution in [0.1, 0.15) is 35.1 Å². The summed E-state index contributed by atoms with van der Waals surface area (Å²) in [6.07, 6.45) is 1.97. The topological polar surface area (TPSA) is 71.8 Å². The van der Waals surface area contributed by atoms with Gasteiger partial charge in [0.1, 0.15) is 0 Å². The first-order valence-electron chi connectivity index (χ1n) is 7.45. The van der Waals surface area contributed by atoms with Gasteiger partial charge in [0.15, 0.2) is 5.69 Å². The van der Waals surface area contributed by atoms with E-state index in [0.717, 1.165) is 31.6 Å². The fraction of sp³-hybridized carbons (Fsp3) is 0.400. The lowest BCUT2D eigenvalue weighted by Gasteiger charge is -2.23. The van der Waals surface area contributed by atoms with Crippen LogP contribution in [0.3, 0.4) is 0 Å². The van der Waals surface area contributed by atoms with Gasteiger partial charge in [-0.15, -0.1) is 5.10 Å². The molecular weight excluding hydrogens is 337 g/mol. The fourth-order valence-electron chi connectivity index (χ4n) is 2.71. The Kier molecular flexibility index (Phi) is 4.84. The third kappa shape index (κ3) is 3.49. The quantitative estimate of drug-likeness (QED) is 0.889. The minimum absolute atomic E-state index is 0.287. The molecule has 1 aromatic carbocycles. The number of hydrogen-bond donors (Lipinski definition) is 2. The Bertz CT molecular complexity index is 725. The number of amides is 1. The molecule has 0 saturated carbocycles. The van der Waals surface area contributed by atoms with E-state index in [9.17, 15) is 4.79 Å². The average molecular weight is 354 g/mol. The summed E-state index contributed by atoms with van der Waals surface area (Å²) in [6, 6.07) is 5.22. The molecule has 1 saturated heterocycles. The molecular formula is C15H17Cl2N5O. The highest BCUT2D eigenvalue weighted by molar-refractivity contribution is 6.42. The van der Waals surface area contributed by atoms with E-state index in [-0.39, 0.29) is 11.9 Å². The van der Waals surface area contributed by atoms with Crippen LogP contribution in [0.4, 0.5) is 5.69 Å². The molecule has 6 nitrogen and oxygen atoms in total. The monoisotopic (exact) mass is 353 g/mol. The summed E-state index contributed by atoms with van der Waals surface area (Å²) in [4.78, 5) is 12.4. The maximum Gasteiger partial charge on any atom is 0.278 e. The lowest BCUT2D eigenvalue weighted by Crippen LogP contribution is -2.30. The Morgan fingerprint density at radius 1 is 1.30 bits per heavy atom. The van der Waals surface area contributed by atoms with E-state index in [0.29, 0.717) is 21.4 Å². The smallest absolute Gasteiger partial charge is 0.278 e. The SMILES string of the molecule is Cc1c(C(=O)Nc2ccc(Cl)c(Cl)c2)nnn1C1CCNCC1. The molecule has 2 N–H and O–H groups in total. The van der Waals surface area contributed by atoms with Crippen molar-refractivity contribution in [1.82, 2.24) is 20.3 Å². The van der Waals surface area contributed by atoms with Gasteiger partial charge in [-0.2, -0.15) is 0 Å². The number of nitrogens with one attached hydrogen (secondary N) is 2. The summed E-state index contributed by atoms with van der Waals surface area (Å²) in [5, 5.41) is 15.1. The number of piperidine rings is 1. The highest BCUT2D eigenvalue weighted by Crippen LogP contribution is 2.26. The van der Waals surface area contributed by atoms with Crippen LogP contribution < -0.4 is 10.6 Å². The van der Waals surface area contributed by atoms with Crippen LogP contribution in [-0.4, -0.2) is 34.0 Å². The van der Waals surface area contributed by atoms with E-state index < -0.39 is 0 Å². The van der Waals surface area contributed by atoms with Gasteiger partial charge in [0.25, 0.3) is 5.91 Å². The minimum Gasteiger partial charge on any atom is -0.320 e. The number of rotatable bonds is 3. The molecule has 1 aliphatic rings. The second kappa shape index (κ2) is 6.86. The molecule has 0 atom stereocenters. The van der Waals surface area contributed by atoms with Gasteiger partial charge < -0.3 is 10.6 Å². The number of nitrogens with zero attached hydrogens (tertiary/aromatic N) is 3. The number of benzene rings is 1. The zero-order chi connectivity index (χ0) is 16.4. The second-order valence-corrected chi connectivity index (χ2v) is 6.35. The van der Waals surface area contributed by atoms with E-state index in [2.05, 4.69) is 20.9 Å². The molecule has 0 unspecified atom stereocenters. The van der Waals surface area contributed by atoms with Gasteiger partial charge in [-0.3, -0.25) is 4.79 Å². The van der Waals surface area contributed by atoms with Crippen molar-refractivity contribution in [3.8, 4) is 0 Å². The Hall–Kier alpha value is -1.63. The van der Waals surface area contributed by atoms with Gasteiger partial charge in [0.05, 0.1) is 21.8 Å². The van der Waals surface area contributed by atoms with Gasteiger partial charge in [0.2, 0.25) is 0 Å². The fourth-order valence-corrected chi connectivity index (χ4v) is 3.01. The van der Waals surface area contributed by atoms with E-state index >= 15 is 0 Å². The van der Waals surface area contributed by atoms with Crippen LogP contribution in [-0.2, 0) is 0 Å². The number of carbonyl (C=O) groups is 1. The molecule has 0 aliphatic carbocycles. The number of halogens is 2. The van der Waals surface area contributed by atoms with E-state index in [1.54, 1.807) is 18.2 Å². The van der Waals surface area contributed by atoms with Crippen molar-refractivity contribution >= 4 is 34.8 Å². The zero-order valence-corrected chi connectivity index (χ0v) is 14.2. The zero-order valence-electron chi connectivity index (χ0n) is 12.6. The highest BCUT2D eigenvalue weighted by atomic mass is 35.5. The first-order chi connectivity index (χ1) is 11.1. The van der Waals surface area contributed by atoms with Crippen LogP contribution in [0, 0.1) is 6.92 Å². The van der Waals surface area contributed by atoms with Gasteiger partial charge >= 0.3 is 0 Å². The van der Waals surface area contributed by atoms with Crippen LogP contribution in [0.25, 0.3) is 0 Å². The van der Waals surface area contributed by atoms with Crippen molar-refractivity contribution in [2.75, 3.05) is 18.4 Å². The third-order valence-electron chi connectivity index (χ3n) is 3.97. The molecule has 8 heteroatoms. The van der Waals surface area contributed by atoms with Crippen molar-refractivity contribution in [2.24, 2.45) is 0 Å². The van der Waals surface area contributed by atoms with Crippen LogP contribution in [0.15, 0.2) is 18.2 Å². The summed E-state index contributed by atoms with van der Waals surface area (Å²) in [5.74, 6) is -0.305. The predicted molar refractivity (Wildman–Crippen MR) is 90.3 cm³/mol. The third-order valence-corrected chi connectivity index (χ3v) is 4.71. The van der Waals surface area contributed by atoms with Crippen molar-refractivity contribution in [1.29, 1.82) is 0 Å². The molecule has 122 valence electrons. The van der Waals surface area contributed by atoms with Gasteiger partial charge in [0, 0.05) is 5.69 Å². The first-order valence-corrected chi connectivity index (χ1v) is 8.21. The Morgan fingerprint density at radius 3 is 2.74 bits per heavy atom. The van der Waals surface area contributed by atoms with Crippen LogP contribution in [0.2, 0.25) is 10.0 Å². The van der Waals surface area contributed by atoms with Crippen molar-refractivity contribution in [3.05, 3.63) is 39.6 Å². The summed E-state index contributed by atoms with van der Waals surface area (Å²) in [7, 11) is 0. The molecule has 0 bridgehead atoms. The van der Waals surface area contributed by atoms with E-state index in [1.807, 2.05) is 11.6 Å². The average Bonchev–Trinajstić information content (AvgIpc) is 2.93. The van der Waals surface area contributed by atoms with Crippen LogP contribution in [0.5, 0.6) is 0 Å². The summed E-state index contributed by atoms with van der Waals surface area (Å²) in [6.45, 7) is 3.77. The normalized spacial score (nSPS) is 15.6. The molecule has 0 spiro atoms. The Labute approximate surface area is 144 Å². The summed E-state index contributed by atoms with van der Waals surface area (Å²) >= 11 is 11.8. The van der Waals surface area contributed by atoms with Gasteiger partial charge in [-0.05, 0) is 51.1 Å². The van der Waals surface area contributed by atoms with Crippen molar-refractivity contribution < 1.29 is 4.79 Å². The molecule has 2 heterocycles. The maximum atomic E-state index is 12.4. The van der Waals surface area contributed by atoms with E-state index in [4.69, 9.17) is 23.2 Å². The number of anilines is 1. The molecule has 23 heavy (non-hydrogen) atoms. The van der Waals surface area contributed by atoms with Crippen LogP contribution >= 0.6 is 23.2 Å². The number of hydrogen-bond acceptors (Lipinski definition) is 4. The predicted octanol–water partition coefficient (Wildman–Crippen LogP) is 3.07. The molecule has 1 fully saturated rings. The largest absolute Gasteiger partial charge is 0.320 e. The maximum absolute atomic E-state index is 12.4. The summed E-state index contributed by atoms with van der Waals surface area (Å²) < 4.78 is 1.85. The molecule has 1 aromatic heterocycles. The molecule has 0 radical (unpaired) electrons. The lowest BCUT2D eigenvalue weighted by atomic mass is 10.1.